The molecule has 0 saturated heterocycles. The van der Waals surface area contributed by atoms with Crippen molar-refractivity contribution < 1.29 is 14.1 Å². The normalized spacial score (nSPS) is 11.0. The molecule has 1 amide bonds. The third kappa shape index (κ3) is 4.03. The number of benzene rings is 1. The van der Waals surface area contributed by atoms with Gasteiger partial charge in [0.25, 0.3) is 5.88 Å². The monoisotopic (exact) mass is 380 g/mol. The lowest BCUT2D eigenvalue weighted by molar-refractivity contribution is -0.116. The minimum absolute atomic E-state index is 0.197. The highest BCUT2D eigenvalue weighted by Gasteiger charge is 2.11. The molecule has 144 valence electrons. The van der Waals surface area contributed by atoms with Gasteiger partial charge in [0.2, 0.25) is 11.9 Å². The zero-order valence-electron chi connectivity index (χ0n) is 15.4. The van der Waals surface area contributed by atoms with E-state index in [1.807, 2.05) is 18.3 Å². The molecule has 4 aromatic rings. The first-order valence-electron chi connectivity index (χ1n) is 8.97. The molecule has 0 unspecified atom stereocenters. The Morgan fingerprint density at radius 3 is 3.00 bits per heavy atom. The summed E-state index contributed by atoms with van der Waals surface area (Å²) in [6.45, 7) is 0. The molecule has 9 nitrogen and oxygen atoms in total. The Morgan fingerprint density at radius 2 is 2.14 bits per heavy atom. The van der Waals surface area contributed by atoms with Crippen LogP contribution in [0.5, 0.6) is 5.88 Å². The Morgan fingerprint density at radius 1 is 1.25 bits per heavy atom. The van der Waals surface area contributed by atoms with Crippen LogP contribution < -0.4 is 10.1 Å². The molecule has 0 atom stereocenters. The molecule has 0 saturated carbocycles. The van der Waals surface area contributed by atoms with Crippen LogP contribution in [0.15, 0.2) is 41.1 Å². The van der Waals surface area contributed by atoms with Crippen LogP contribution in [0, 0.1) is 0 Å². The number of anilines is 1. The van der Waals surface area contributed by atoms with E-state index >= 15 is 0 Å². The fourth-order valence-corrected chi connectivity index (χ4v) is 2.99. The molecular weight excluding hydrogens is 360 g/mol. The number of H-pyrrole nitrogens is 2. The summed E-state index contributed by atoms with van der Waals surface area (Å²) in [5.41, 5.74) is 2.34. The Kier molecular flexibility index (Phi) is 5.05. The molecule has 28 heavy (non-hydrogen) atoms. The summed E-state index contributed by atoms with van der Waals surface area (Å²) in [5.74, 6) is 1.78. The fraction of sp³-hybridized carbons (Fsp3) is 0.263. The number of methoxy groups -OCH3 is 1. The minimum atomic E-state index is -0.197. The molecule has 3 N–H and O–H groups in total. The number of rotatable bonds is 8. The van der Waals surface area contributed by atoms with E-state index in [9.17, 15) is 4.79 Å². The van der Waals surface area contributed by atoms with E-state index < -0.39 is 0 Å². The van der Waals surface area contributed by atoms with Crippen molar-refractivity contribution >= 4 is 22.8 Å². The number of hydrogen-bond donors (Lipinski definition) is 3. The third-order valence-electron chi connectivity index (χ3n) is 4.43. The van der Waals surface area contributed by atoms with Crippen LogP contribution >= 0.6 is 0 Å². The number of nitrogens with zero attached hydrogens (tertiary/aromatic N) is 3. The SMILES string of the molecule is COc1cc(CCC(=O)Nc2n[nH]c(CCc3c[nH]c4ccccc34)n2)on1. The van der Waals surface area contributed by atoms with Crippen molar-refractivity contribution in [2.45, 2.75) is 25.7 Å². The van der Waals surface area contributed by atoms with Gasteiger partial charge in [0.15, 0.2) is 0 Å². The van der Waals surface area contributed by atoms with Gasteiger partial charge in [-0.05, 0) is 23.2 Å². The summed E-state index contributed by atoms with van der Waals surface area (Å²) in [5, 5.41) is 14.5. The molecule has 0 aliphatic heterocycles. The Balaban J connectivity index is 1.28. The fourth-order valence-electron chi connectivity index (χ4n) is 2.99. The van der Waals surface area contributed by atoms with Crippen molar-refractivity contribution in [3.05, 3.63) is 53.7 Å². The number of carbonyl (C=O) groups excluding carboxylic acids is 1. The lowest BCUT2D eigenvalue weighted by atomic mass is 10.1. The van der Waals surface area contributed by atoms with Gasteiger partial charge >= 0.3 is 0 Å². The number of carbonyl (C=O) groups is 1. The third-order valence-corrected chi connectivity index (χ3v) is 4.43. The number of para-hydroxylation sites is 1. The van der Waals surface area contributed by atoms with Crippen molar-refractivity contribution in [1.82, 2.24) is 25.3 Å². The maximum atomic E-state index is 12.1. The highest BCUT2D eigenvalue weighted by molar-refractivity contribution is 5.89. The van der Waals surface area contributed by atoms with Crippen LogP contribution in [0.1, 0.15) is 23.6 Å². The largest absolute Gasteiger partial charge is 0.479 e. The standard InChI is InChI=1S/C19H20N6O3/c1-27-18-10-13(28-25-18)7-9-17(26)22-19-21-16(23-24-19)8-6-12-11-20-15-5-3-2-4-14(12)15/h2-5,10-11,20H,6-9H2,1H3,(H2,21,22,23,24,26). The zero-order chi connectivity index (χ0) is 19.3. The summed E-state index contributed by atoms with van der Waals surface area (Å²) in [7, 11) is 1.51. The topological polar surface area (TPSA) is 122 Å². The van der Waals surface area contributed by atoms with E-state index in [1.54, 1.807) is 6.07 Å². The number of aromatic amines is 2. The molecule has 0 aliphatic rings. The van der Waals surface area contributed by atoms with Gasteiger partial charge < -0.3 is 14.2 Å². The first kappa shape index (κ1) is 17.8. The molecule has 3 heterocycles. The molecule has 1 aromatic carbocycles. The first-order valence-corrected chi connectivity index (χ1v) is 8.97. The maximum absolute atomic E-state index is 12.1. The second kappa shape index (κ2) is 7.95. The van der Waals surface area contributed by atoms with E-state index in [1.165, 1.54) is 18.1 Å². The predicted molar refractivity (Wildman–Crippen MR) is 102 cm³/mol. The van der Waals surface area contributed by atoms with Crippen LogP contribution in [-0.2, 0) is 24.1 Å². The summed E-state index contributed by atoms with van der Waals surface area (Å²) in [4.78, 5) is 19.7. The van der Waals surface area contributed by atoms with Gasteiger partial charge in [-0.15, -0.1) is 5.10 Å². The van der Waals surface area contributed by atoms with Gasteiger partial charge in [0.05, 0.1) is 7.11 Å². The zero-order valence-corrected chi connectivity index (χ0v) is 15.4. The predicted octanol–water partition coefficient (Wildman–Crippen LogP) is 2.64. The number of ether oxygens (including phenoxy) is 1. The van der Waals surface area contributed by atoms with Gasteiger partial charge in [0, 0.05) is 42.4 Å². The van der Waals surface area contributed by atoms with Gasteiger partial charge in [-0.1, -0.05) is 18.2 Å². The molecular formula is C19H20N6O3. The summed E-state index contributed by atoms with van der Waals surface area (Å²) in [6.07, 6.45) is 4.18. The number of aromatic nitrogens is 5. The van der Waals surface area contributed by atoms with E-state index in [2.05, 4.69) is 42.8 Å². The van der Waals surface area contributed by atoms with Crippen LogP contribution in [0.3, 0.4) is 0 Å². The van der Waals surface area contributed by atoms with Crippen molar-refractivity contribution in [2.75, 3.05) is 12.4 Å². The van der Waals surface area contributed by atoms with Gasteiger partial charge in [-0.2, -0.15) is 4.98 Å². The van der Waals surface area contributed by atoms with Crippen molar-refractivity contribution in [3.63, 3.8) is 0 Å². The number of nitrogens with one attached hydrogen (secondary N) is 3. The van der Waals surface area contributed by atoms with E-state index in [0.717, 1.165) is 17.8 Å². The van der Waals surface area contributed by atoms with Crippen molar-refractivity contribution in [2.24, 2.45) is 0 Å². The molecule has 0 bridgehead atoms. The smallest absolute Gasteiger partial charge is 0.254 e. The quantitative estimate of drug-likeness (QED) is 0.432. The lowest BCUT2D eigenvalue weighted by Gasteiger charge is -1.99. The van der Waals surface area contributed by atoms with Crippen LogP contribution in [0.2, 0.25) is 0 Å². The molecule has 3 aromatic heterocycles. The Bertz CT molecular complexity index is 1080. The summed E-state index contributed by atoms with van der Waals surface area (Å²) in [6, 6.07) is 9.83. The highest BCUT2D eigenvalue weighted by Crippen LogP contribution is 2.19. The molecule has 0 fully saturated rings. The highest BCUT2D eigenvalue weighted by atomic mass is 16.5. The molecule has 9 heteroatoms. The number of hydrogen-bond acceptors (Lipinski definition) is 6. The second-order valence-corrected chi connectivity index (χ2v) is 6.35. The number of amides is 1. The average Bonchev–Trinajstić information content (AvgIpc) is 3.44. The van der Waals surface area contributed by atoms with Crippen LogP contribution in [0.25, 0.3) is 10.9 Å². The van der Waals surface area contributed by atoms with E-state index in [-0.39, 0.29) is 18.3 Å². The molecule has 0 spiro atoms. The lowest BCUT2D eigenvalue weighted by Crippen LogP contribution is -2.13. The molecule has 0 radical (unpaired) electrons. The Hall–Kier alpha value is -3.62. The van der Waals surface area contributed by atoms with E-state index in [4.69, 9.17) is 9.26 Å². The average molecular weight is 380 g/mol. The van der Waals surface area contributed by atoms with Crippen LogP contribution in [-0.4, -0.2) is 38.3 Å². The van der Waals surface area contributed by atoms with Crippen molar-refractivity contribution in [1.29, 1.82) is 0 Å². The first-order chi connectivity index (χ1) is 13.7. The number of fused-ring (bicyclic) bond motifs is 1. The van der Waals surface area contributed by atoms with Gasteiger partial charge in [0.1, 0.15) is 11.6 Å². The molecule has 0 aliphatic carbocycles. The molecule has 4 rings (SSSR count). The minimum Gasteiger partial charge on any atom is -0.479 e. The van der Waals surface area contributed by atoms with Crippen LogP contribution in [0.4, 0.5) is 5.95 Å². The van der Waals surface area contributed by atoms with E-state index in [0.29, 0.717) is 24.5 Å². The van der Waals surface area contributed by atoms with Gasteiger partial charge in [-0.25, -0.2) is 0 Å². The summed E-state index contributed by atoms with van der Waals surface area (Å²) < 4.78 is 10.0. The van der Waals surface area contributed by atoms with Crippen molar-refractivity contribution in [3.8, 4) is 5.88 Å². The second-order valence-electron chi connectivity index (χ2n) is 6.35. The summed E-state index contributed by atoms with van der Waals surface area (Å²) >= 11 is 0. The Labute approximate surface area is 160 Å². The van der Waals surface area contributed by atoms with Gasteiger partial charge in [-0.3, -0.25) is 15.2 Å². The maximum Gasteiger partial charge on any atom is 0.254 e. The number of aryl methyl sites for hydroxylation is 3.